The van der Waals surface area contributed by atoms with Crippen molar-refractivity contribution >= 4 is 5.69 Å². The van der Waals surface area contributed by atoms with Crippen molar-refractivity contribution in [1.82, 2.24) is 0 Å². The van der Waals surface area contributed by atoms with Gasteiger partial charge in [0.25, 0.3) is 0 Å². The van der Waals surface area contributed by atoms with E-state index in [4.69, 9.17) is 5.73 Å². The van der Waals surface area contributed by atoms with Crippen molar-refractivity contribution in [3.8, 4) is 5.75 Å². The van der Waals surface area contributed by atoms with E-state index in [0.717, 1.165) is 12.8 Å². The second-order valence-electron chi connectivity index (χ2n) is 3.83. The number of rotatable bonds is 3. The second-order valence-corrected chi connectivity index (χ2v) is 3.83. The van der Waals surface area contributed by atoms with Crippen LogP contribution in [0.3, 0.4) is 0 Å². The Morgan fingerprint density at radius 3 is 2.62 bits per heavy atom. The maximum absolute atomic E-state index is 9.20. The van der Waals surface area contributed by atoms with Crippen LogP contribution in [0.1, 0.15) is 25.8 Å². The van der Waals surface area contributed by atoms with Gasteiger partial charge in [0, 0.05) is 0 Å². The van der Waals surface area contributed by atoms with E-state index in [2.05, 4.69) is 13.8 Å². The fourth-order valence-electron chi connectivity index (χ4n) is 1.21. The van der Waals surface area contributed by atoms with E-state index >= 15 is 0 Å². The molecular formula is C11H17NO. The third kappa shape index (κ3) is 2.98. The first kappa shape index (κ1) is 9.90. The summed E-state index contributed by atoms with van der Waals surface area (Å²) >= 11 is 0. The summed E-state index contributed by atoms with van der Waals surface area (Å²) in [5.41, 5.74) is 7.25. The Bertz CT molecular complexity index is 281. The largest absolute Gasteiger partial charge is 0.506 e. The fraction of sp³-hybridized carbons (Fsp3) is 0.455. The summed E-state index contributed by atoms with van der Waals surface area (Å²) in [6, 6.07) is 5.43. The van der Waals surface area contributed by atoms with E-state index in [1.165, 1.54) is 5.56 Å². The summed E-state index contributed by atoms with van der Waals surface area (Å²) in [5.74, 6) is 0.878. The van der Waals surface area contributed by atoms with Crippen molar-refractivity contribution in [3.05, 3.63) is 23.8 Å². The summed E-state index contributed by atoms with van der Waals surface area (Å²) in [4.78, 5) is 0. The normalized spacial score (nSPS) is 10.7. The Morgan fingerprint density at radius 2 is 2.08 bits per heavy atom. The zero-order chi connectivity index (χ0) is 9.84. The van der Waals surface area contributed by atoms with Gasteiger partial charge in [0.05, 0.1) is 5.69 Å². The molecule has 3 N–H and O–H groups in total. The molecule has 13 heavy (non-hydrogen) atoms. The third-order valence-electron chi connectivity index (χ3n) is 2.10. The summed E-state index contributed by atoms with van der Waals surface area (Å²) in [6.07, 6.45) is 2.19. The second kappa shape index (κ2) is 4.17. The highest BCUT2D eigenvalue weighted by Gasteiger charge is 2.00. The molecule has 0 heterocycles. The molecule has 0 aliphatic heterocycles. The minimum Gasteiger partial charge on any atom is -0.506 e. The van der Waals surface area contributed by atoms with Crippen molar-refractivity contribution in [2.24, 2.45) is 5.92 Å². The Labute approximate surface area is 79.4 Å². The smallest absolute Gasteiger partial charge is 0.138 e. The quantitative estimate of drug-likeness (QED) is 0.553. The number of benzene rings is 1. The molecule has 0 spiro atoms. The van der Waals surface area contributed by atoms with Gasteiger partial charge >= 0.3 is 0 Å². The average molecular weight is 179 g/mol. The third-order valence-corrected chi connectivity index (χ3v) is 2.10. The molecule has 2 nitrogen and oxygen atoms in total. The van der Waals surface area contributed by atoms with Gasteiger partial charge in [-0.2, -0.15) is 0 Å². The van der Waals surface area contributed by atoms with Crippen molar-refractivity contribution in [2.45, 2.75) is 26.7 Å². The van der Waals surface area contributed by atoms with Crippen LogP contribution >= 0.6 is 0 Å². The molecule has 0 bridgehead atoms. The standard InChI is InChI=1S/C11H17NO/c1-8(2)3-4-9-5-6-11(13)10(12)7-9/h5-8,13H,3-4,12H2,1-2H3. The summed E-state index contributed by atoms with van der Waals surface area (Å²) in [7, 11) is 0. The van der Waals surface area contributed by atoms with Gasteiger partial charge in [0.1, 0.15) is 5.75 Å². The van der Waals surface area contributed by atoms with Crippen LogP contribution in [0.2, 0.25) is 0 Å². The SMILES string of the molecule is CC(C)CCc1ccc(O)c(N)c1. The van der Waals surface area contributed by atoms with E-state index in [0.29, 0.717) is 11.6 Å². The van der Waals surface area contributed by atoms with Gasteiger partial charge in [-0.15, -0.1) is 0 Å². The highest BCUT2D eigenvalue weighted by Crippen LogP contribution is 2.21. The summed E-state index contributed by atoms with van der Waals surface area (Å²) in [6.45, 7) is 4.40. The predicted molar refractivity (Wildman–Crippen MR) is 55.7 cm³/mol. The lowest BCUT2D eigenvalue weighted by Crippen LogP contribution is -1.94. The number of hydrogen-bond donors (Lipinski definition) is 2. The number of nitrogen functional groups attached to an aromatic ring is 1. The number of aryl methyl sites for hydroxylation is 1. The van der Waals surface area contributed by atoms with Crippen LogP contribution in [0.4, 0.5) is 5.69 Å². The zero-order valence-corrected chi connectivity index (χ0v) is 8.25. The molecule has 2 heteroatoms. The summed E-state index contributed by atoms with van der Waals surface area (Å²) < 4.78 is 0. The van der Waals surface area contributed by atoms with Crippen molar-refractivity contribution in [2.75, 3.05) is 5.73 Å². The van der Waals surface area contributed by atoms with Crippen molar-refractivity contribution in [1.29, 1.82) is 0 Å². The molecule has 1 aromatic rings. The van der Waals surface area contributed by atoms with Gasteiger partial charge in [0.2, 0.25) is 0 Å². The first-order valence-corrected chi connectivity index (χ1v) is 4.67. The Balaban J connectivity index is 2.63. The van der Waals surface area contributed by atoms with Crippen LogP contribution in [0.25, 0.3) is 0 Å². The van der Waals surface area contributed by atoms with Crippen molar-refractivity contribution < 1.29 is 5.11 Å². The maximum Gasteiger partial charge on any atom is 0.138 e. The van der Waals surface area contributed by atoms with Crippen LogP contribution in [0, 0.1) is 5.92 Å². The Morgan fingerprint density at radius 1 is 1.38 bits per heavy atom. The molecule has 1 rings (SSSR count). The van der Waals surface area contributed by atoms with Crippen LogP contribution < -0.4 is 5.73 Å². The van der Waals surface area contributed by atoms with E-state index in [9.17, 15) is 5.11 Å². The number of phenolic OH excluding ortho intramolecular Hbond substituents is 1. The molecule has 0 amide bonds. The van der Waals surface area contributed by atoms with E-state index in [-0.39, 0.29) is 5.75 Å². The van der Waals surface area contributed by atoms with Gasteiger partial charge in [-0.05, 0) is 36.5 Å². The first-order chi connectivity index (χ1) is 6.09. The van der Waals surface area contributed by atoms with Crippen LogP contribution in [-0.4, -0.2) is 5.11 Å². The molecule has 0 radical (unpaired) electrons. The highest BCUT2D eigenvalue weighted by atomic mass is 16.3. The number of aromatic hydroxyl groups is 1. The van der Waals surface area contributed by atoms with Crippen LogP contribution in [0.15, 0.2) is 18.2 Å². The van der Waals surface area contributed by atoms with Crippen LogP contribution in [0.5, 0.6) is 5.75 Å². The molecule has 0 aliphatic rings. The van der Waals surface area contributed by atoms with E-state index < -0.39 is 0 Å². The molecule has 0 unspecified atom stereocenters. The van der Waals surface area contributed by atoms with Crippen molar-refractivity contribution in [3.63, 3.8) is 0 Å². The topological polar surface area (TPSA) is 46.2 Å². The molecule has 0 saturated heterocycles. The Kier molecular flexibility index (Phi) is 3.18. The molecular weight excluding hydrogens is 162 g/mol. The number of nitrogens with two attached hydrogens (primary N) is 1. The van der Waals surface area contributed by atoms with E-state index in [1.54, 1.807) is 6.07 Å². The molecule has 72 valence electrons. The number of anilines is 1. The molecule has 0 atom stereocenters. The summed E-state index contributed by atoms with van der Waals surface area (Å²) in [5, 5.41) is 9.20. The minimum atomic E-state index is 0.174. The molecule has 1 aromatic carbocycles. The highest BCUT2D eigenvalue weighted by molar-refractivity contribution is 5.53. The average Bonchev–Trinajstić information content (AvgIpc) is 2.07. The lowest BCUT2D eigenvalue weighted by Gasteiger charge is -2.06. The maximum atomic E-state index is 9.20. The Hall–Kier alpha value is -1.18. The molecule has 0 aliphatic carbocycles. The molecule has 0 fully saturated rings. The first-order valence-electron chi connectivity index (χ1n) is 4.67. The predicted octanol–water partition coefficient (Wildman–Crippen LogP) is 2.56. The number of hydrogen-bond acceptors (Lipinski definition) is 2. The van der Waals surface area contributed by atoms with Gasteiger partial charge in [-0.3, -0.25) is 0 Å². The number of phenols is 1. The van der Waals surface area contributed by atoms with Crippen LogP contribution in [-0.2, 0) is 6.42 Å². The van der Waals surface area contributed by atoms with E-state index in [1.807, 2.05) is 12.1 Å². The fourth-order valence-corrected chi connectivity index (χ4v) is 1.21. The van der Waals surface area contributed by atoms with Gasteiger partial charge in [0.15, 0.2) is 0 Å². The van der Waals surface area contributed by atoms with Gasteiger partial charge in [-0.1, -0.05) is 19.9 Å². The lowest BCUT2D eigenvalue weighted by molar-refractivity contribution is 0.477. The lowest BCUT2D eigenvalue weighted by atomic mass is 10.0. The zero-order valence-electron chi connectivity index (χ0n) is 8.25. The molecule has 0 saturated carbocycles. The minimum absolute atomic E-state index is 0.174. The monoisotopic (exact) mass is 179 g/mol. The van der Waals surface area contributed by atoms with Gasteiger partial charge in [-0.25, -0.2) is 0 Å². The van der Waals surface area contributed by atoms with Gasteiger partial charge < -0.3 is 10.8 Å². The molecule has 0 aromatic heterocycles.